The van der Waals surface area contributed by atoms with Crippen molar-refractivity contribution in [1.29, 1.82) is 0 Å². The molecular formula is C61H60. The molecule has 0 heteroatoms. The maximum atomic E-state index is 2.20. The second-order valence-electron chi connectivity index (χ2n) is 14.3. The first-order valence-electron chi connectivity index (χ1n) is 21.7. The molecule has 0 aliphatic heterocycles. The van der Waals surface area contributed by atoms with Crippen LogP contribution in [0.3, 0.4) is 0 Å². The van der Waals surface area contributed by atoms with Gasteiger partial charge in [-0.1, -0.05) is 275 Å². The van der Waals surface area contributed by atoms with Crippen LogP contribution in [0.4, 0.5) is 0 Å². The Kier molecular flexibility index (Phi) is 17.8. The predicted octanol–water partition coefficient (Wildman–Crippen LogP) is 18.3. The van der Waals surface area contributed by atoms with Gasteiger partial charge in [-0.3, -0.25) is 0 Å². The van der Waals surface area contributed by atoms with E-state index in [-0.39, 0.29) is 0 Å². The molecule has 0 N–H and O–H groups in total. The lowest BCUT2D eigenvalue weighted by molar-refractivity contribution is 1.48. The van der Waals surface area contributed by atoms with Crippen LogP contribution < -0.4 is 0 Å². The molecule has 61 heavy (non-hydrogen) atoms. The van der Waals surface area contributed by atoms with Crippen molar-refractivity contribution in [1.82, 2.24) is 0 Å². The number of aryl methyl sites for hydroxylation is 3. The Bertz CT molecular complexity index is 2760. The number of rotatable bonds is 0. The zero-order valence-electron chi connectivity index (χ0n) is 37.0. The molecule has 0 aliphatic carbocycles. The Morgan fingerprint density at radius 2 is 0.492 bits per heavy atom. The molecule has 304 valence electrons. The maximum absolute atomic E-state index is 2.20. The van der Waals surface area contributed by atoms with Crippen LogP contribution in [0.1, 0.15) is 44.4 Å². The van der Waals surface area contributed by atoms with E-state index in [0.717, 1.165) is 0 Å². The highest BCUT2D eigenvalue weighted by Crippen LogP contribution is 2.26. The number of hydrogen-bond acceptors (Lipinski definition) is 0. The van der Waals surface area contributed by atoms with Gasteiger partial charge in [0.2, 0.25) is 0 Å². The third kappa shape index (κ3) is 12.7. The highest BCUT2D eigenvalue weighted by atomic mass is 14.0. The van der Waals surface area contributed by atoms with Crippen LogP contribution in [0.5, 0.6) is 0 Å². The molecule has 0 atom stereocenters. The average molecular weight is 793 g/mol. The molecule has 11 aromatic rings. The summed E-state index contributed by atoms with van der Waals surface area (Å²) in [5.74, 6) is 0. The van der Waals surface area contributed by atoms with Gasteiger partial charge in [0.1, 0.15) is 0 Å². The minimum Gasteiger partial charge on any atom is -0.0683 e. The van der Waals surface area contributed by atoms with E-state index in [1.807, 2.05) is 45.9 Å². The van der Waals surface area contributed by atoms with Gasteiger partial charge >= 0.3 is 0 Å². The fourth-order valence-electron chi connectivity index (χ4n) is 7.14. The molecule has 0 amide bonds. The molecule has 0 saturated carbocycles. The Hall–Kier alpha value is -7.02. The first-order chi connectivity index (χ1) is 30.0. The zero-order chi connectivity index (χ0) is 43.2. The van der Waals surface area contributed by atoms with Gasteiger partial charge in [0, 0.05) is 0 Å². The minimum absolute atomic E-state index is 1.31. The molecule has 0 unspecified atom stereocenters. The number of fused-ring (bicyclic) bond motifs is 8. The lowest BCUT2D eigenvalue weighted by Gasteiger charge is -2.02. The van der Waals surface area contributed by atoms with Crippen molar-refractivity contribution in [3.05, 3.63) is 253 Å². The van der Waals surface area contributed by atoms with E-state index in [0.29, 0.717) is 0 Å². The summed E-state index contributed by atoms with van der Waals surface area (Å²) in [6.45, 7) is 14.3. The summed E-state index contributed by atoms with van der Waals surface area (Å²) in [6.07, 6.45) is 0. The van der Waals surface area contributed by atoms with Crippen molar-refractivity contribution < 1.29 is 0 Å². The Morgan fingerprint density at radius 1 is 0.197 bits per heavy atom. The van der Waals surface area contributed by atoms with Crippen LogP contribution in [0.15, 0.2) is 237 Å². The fourth-order valence-corrected chi connectivity index (χ4v) is 7.14. The lowest BCUT2D eigenvalue weighted by Crippen LogP contribution is -1.75. The number of benzene rings is 11. The predicted molar refractivity (Wildman–Crippen MR) is 274 cm³/mol. The topological polar surface area (TPSA) is 0 Å². The van der Waals surface area contributed by atoms with Gasteiger partial charge in [-0.05, 0) is 91.0 Å². The van der Waals surface area contributed by atoms with Crippen LogP contribution in [-0.4, -0.2) is 0 Å². The van der Waals surface area contributed by atoms with E-state index in [1.54, 1.807) is 0 Å². The minimum atomic E-state index is 1.31. The van der Waals surface area contributed by atoms with Crippen LogP contribution >= 0.6 is 0 Å². The second-order valence-corrected chi connectivity index (χ2v) is 14.3. The molecule has 0 heterocycles. The summed E-state index contributed by atoms with van der Waals surface area (Å²) >= 11 is 0. The van der Waals surface area contributed by atoms with Crippen LogP contribution in [-0.2, 0) is 0 Å². The molecule has 0 aromatic heterocycles. The highest BCUT2D eigenvalue weighted by molar-refractivity contribution is 6.08. The molecule has 11 rings (SSSR count). The molecule has 0 saturated heterocycles. The van der Waals surface area contributed by atoms with E-state index in [2.05, 4.69) is 239 Å². The van der Waals surface area contributed by atoms with E-state index >= 15 is 0 Å². The summed E-state index contributed by atoms with van der Waals surface area (Å²) in [4.78, 5) is 0. The first kappa shape index (κ1) is 45.1. The van der Waals surface area contributed by atoms with Crippen molar-refractivity contribution >= 4 is 64.6 Å². The third-order valence-electron chi connectivity index (χ3n) is 10.2. The van der Waals surface area contributed by atoms with Gasteiger partial charge < -0.3 is 0 Å². The van der Waals surface area contributed by atoms with Crippen LogP contribution in [0, 0.1) is 20.8 Å². The smallest absolute Gasteiger partial charge is 0.0105 e. The van der Waals surface area contributed by atoms with Crippen molar-refractivity contribution in [2.45, 2.75) is 48.5 Å². The summed E-state index contributed by atoms with van der Waals surface area (Å²) < 4.78 is 0. The third-order valence-corrected chi connectivity index (χ3v) is 10.2. The van der Waals surface area contributed by atoms with Gasteiger partial charge in [-0.25, -0.2) is 0 Å². The van der Waals surface area contributed by atoms with E-state index < -0.39 is 0 Å². The van der Waals surface area contributed by atoms with E-state index in [4.69, 9.17) is 0 Å². The maximum Gasteiger partial charge on any atom is -0.0105 e. The summed E-state index contributed by atoms with van der Waals surface area (Å²) in [7, 11) is 0. The Balaban J connectivity index is 0.000000143. The SMILES string of the molecule is CC.CC.Cc1ccc2ccccc2c1.Cc1cccc2ccccc12.Cc1ccccc1.c1ccc2c(c1)ccc1ccccc12.c1ccc2c(c1)ccc1ccccc12. The molecule has 0 radical (unpaired) electrons. The molecular weight excluding hydrogens is 733 g/mol. The Morgan fingerprint density at radius 3 is 0.869 bits per heavy atom. The standard InChI is InChI=1S/2C14H10.2C11H10.C7H8.2C2H6/c2*1-3-7-13-11(5-1)9-10-12-6-2-4-8-14(12)13;1-9-5-4-7-10-6-2-3-8-11(9)10;1-9-6-7-10-4-2-3-5-11(10)8-9;1-7-5-3-2-4-6-7;2*1-2/h2*1-10H;2*2-8H,1H3;2-6H,1H3;2*1-2H3. The zero-order valence-corrected chi connectivity index (χ0v) is 37.0. The quantitative estimate of drug-likeness (QED) is 0.134. The van der Waals surface area contributed by atoms with Crippen molar-refractivity contribution in [2.75, 3.05) is 0 Å². The van der Waals surface area contributed by atoms with Crippen molar-refractivity contribution in [3.63, 3.8) is 0 Å². The normalized spacial score (nSPS) is 9.89. The fraction of sp³-hybridized carbons (Fsp3) is 0.115. The molecule has 0 spiro atoms. The van der Waals surface area contributed by atoms with Gasteiger partial charge in [0.25, 0.3) is 0 Å². The lowest BCUT2D eigenvalue weighted by atomic mass is 10.0. The van der Waals surface area contributed by atoms with E-state index in [9.17, 15) is 0 Å². The number of hydrogen-bond donors (Lipinski definition) is 0. The summed E-state index contributed by atoms with van der Waals surface area (Å²) in [5, 5.41) is 15.9. The molecule has 0 fully saturated rings. The van der Waals surface area contributed by atoms with E-state index in [1.165, 1.54) is 81.3 Å². The summed E-state index contributed by atoms with van der Waals surface area (Å²) in [5.41, 5.74) is 3.99. The van der Waals surface area contributed by atoms with Gasteiger partial charge in [0.05, 0.1) is 0 Å². The van der Waals surface area contributed by atoms with Crippen LogP contribution in [0.2, 0.25) is 0 Å². The summed E-state index contributed by atoms with van der Waals surface area (Å²) in [6, 6.07) is 82.7. The van der Waals surface area contributed by atoms with Crippen molar-refractivity contribution in [3.8, 4) is 0 Å². The monoisotopic (exact) mass is 792 g/mol. The van der Waals surface area contributed by atoms with Gasteiger partial charge in [-0.2, -0.15) is 0 Å². The highest BCUT2D eigenvalue weighted by Gasteiger charge is 1.99. The molecule has 0 aliphatic rings. The first-order valence-corrected chi connectivity index (χ1v) is 21.7. The molecule has 11 aromatic carbocycles. The average Bonchev–Trinajstić information content (AvgIpc) is 3.34. The van der Waals surface area contributed by atoms with Gasteiger partial charge in [0.15, 0.2) is 0 Å². The Labute approximate surface area is 364 Å². The van der Waals surface area contributed by atoms with Gasteiger partial charge in [-0.15, -0.1) is 0 Å². The molecule has 0 nitrogen and oxygen atoms in total. The van der Waals surface area contributed by atoms with Crippen LogP contribution in [0.25, 0.3) is 64.6 Å². The largest absolute Gasteiger partial charge is 0.0683 e. The van der Waals surface area contributed by atoms with Crippen molar-refractivity contribution in [2.24, 2.45) is 0 Å². The second kappa shape index (κ2) is 24.2. The molecule has 0 bridgehead atoms.